The van der Waals surface area contributed by atoms with Gasteiger partial charge in [-0.05, 0) is 30.9 Å². The molecule has 2 atom stereocenters. The van der Waals surface area contributed by atoms with Crippen LogP contribution in [0.4, 0.5) is 8.78 Å². The summed E-state index contributed by atoms with van der Waals surface area (Å²) in [5.41, 5.74) is -0.179. The van der Waals surface area contributed by atoms with E-state index in [0.717, 1.165) is 19.8 Å². The van der Waals surface area contributed by atoms with E-state index in [1.807, 2.05) is 0 Å². The Labute approximate surface area is 168 Å². The number of halogens is 2. The third-order valence-corrected chi connectivity index (χ3v) is 5.69. The maximum atomic E-state index is 13.8. The van der Waals surface area contributed by atoms with Crippen LogP contribution in [0.15, 0.2) is 41.8 Å². The first-order valence-electron chi connectivity index (χ1n) is 8.67. The van der Waals surface area contributed by atoms with Crippen LogP contribution >= 0.6 is 11.3 Å². The normalized spacial score (nSPS) is 16.7. The molecule has 5 nitrogen and oxygen atoms in total. The highest BCUT2D eigenvalue weighted by Gasteiger charge is 2.35. The van der Waals surface area contributed by atoms with Gasteiger partial charge in [0.2, 0.25) is 5.06 Å². The number of aromatic nitrogens is 1. The second kappa shape index (κ2) is 8.48. The molecule has 2 unspecified atom stereocenters. The molecule has 0 aliphatic heterocycles. The van der Waals surface area contributed by atoms with Crippen LogP contribution in [0.5, 0.6) is 10.8 Å². The molecule has 1 heterocycles. The SMILES string of the molecule is CS(=O)/C=C/C(NC(=O)c1nc(C(C)(F)F)sc1Oc1ccccc1)C1CC1. The molecule has 0 saturated heterocycles. The van der Waals surface area contributed by atoms with E-state index in [1.54, 1.807) is 36.4 Å². The van der Waals surface area contributed by atoms with E-state index in [9.17, 15) is 17.8 Å². The fourth-order valence-electron chi connectivity index (χ4n) is 2.50. The van der Waals surface area contributed by atoms with Crippen LogP contribution in [0.1, 0.15) is 35.3 Å². The van der Waals surface area contributed by atoms with Gasteiger partial charge < -0.3 is 10.1 Å². The van der Waals surface area contributed by atoms with Gasteiger partial charge >= 0.3 is 0 Å². The number of hydrogen-bond acceptors (Lipinski definition) is 5. The summed E-state index contributed by atoms with van der Waals surface area (Å²) in [6, 6.07) is 8.28. The molecule has 0 spiro atoms. The van der Waals surface area contributed by atoms with E-state index in [4.69, 9.17) is 4.74 Å². The van der Waals surface area contributed by atoms with E-state index < -0.39 is 27.6 Å². The predicted octanol–water partition coefficient (Wildman–Crippen LogP) is 4.45. The second-order valence-corrected chi connectivity index (χ2v) is 8.85. The number of hydrogen-bond donors (Lipinski definition) is 1. The lowest BCUT2D eigenvalue weighted by molar-refractivity contribution is 0.0171. The Bertz CT molecular complexity index is 890. The smallest absolute Gasteiger partial charge is 0.296 e. The Hall–Kier alpha value is -2.13. The lowest BCUT2D eigenvalue weighted by Crippen LogP contribution is -2.35. The highest BCUT2D eigenvalue weighted by Crippen LogP contribution is 2.39. The Morgan fingerprint density at radius 1 is 1.39 bits per heavy atom. The zero-order valence-corrected chi connectivity index (χ0v) is 17.0. The number of amides is 1. The number of carbonyl (C=O) groups is 1. The molecule has 0 radical (unpaired) electrons. The minimum atomic E-state index is -3.19. The van der Waals surface area contributed by atoms with Crippen LogP contribution in [-0.2, 0) is 16.7 Å². The van der Waals surface area contributed by atoms with Gasteiger partial charge in [-0.15, -0.1) is 0 Å². The molecule has 3 rings (SSSR count). The zero-order chi connectivity index (χ0) is 20.3. The van der Waals surface area contributed by atoms with E-state index in [1.165, 1.54) is 11.7 Å². The Kier molecular flexibility index (Phi) is 6.24. The number of alkyl halides is 2. The van der Waals surface area contributed by atoms with Gasteiger partial charge in [-0.3, -0.25) is 9.00 Å². The van der Waals surface area contributed by atoms with Gasteiger partial charge in [-0.25, -0.2) is 4.98 Å². The molecule has 1 aromatic heterocycles. The average Bonchev–Trinajstić information content (AvgIpc) is 3.38. The van der Waals surface area contributed by atoms with Crippen LogP contribution in [0.25, 0.3) is 0 Å². The highest BCUT2D eigenvalue weighted by molar-refractivity contribution is 7.87. The minimum absolute atomic E-state index is 0.0119. The predicted molar refractivity (Wildman–Crippen MR) is 105 cm³/mol. The number of ether oxygens (including phenoxy) is 1. The molecule has 1 aliphatic rings. The molecule has 150 valence electrons. The summed E-state index contributed by atoms with van der Waals surface area (Å²) in [7, 11) is -1.14. The summed E-state index contributed by atoms with van der Waals surface area (Å²) in [6.45, 7) is 0.728. The van der Waals surface area contributed by atoms with Gasteiger partial charge in [0.1, 0.15) is 5.75 Å². The summed E-state index contributed by atoms with van der Waals surface area (Å²) >= 11 is 0.648. The highest BCUT2D eigenvalue weighted by atomic mass is 32.2. The van der Waals surface area contributed by atoms with E-state index >= 15 is 0 Å². The summed E-state index contributed by atoms with van der Waals surface area (Å²) in [6.07, 6.45) is 5.10. The van der Waals surface area contributed by atoms with Crippen molar-refractivity contribution in [3.8, 4) is 10.8 Å². The number of carbonyl (C=O) groups excluding carboxylic acids is 1. The van der Waals surface area contributed by atoms with Crippen molar-refractivity contribution in [3.05, 3.63) is 52.5 Å². The first-order chi connectivity index (χ1) is 13.2. The van der Waals surface area contributed by atoms with E-state index in [2.05, 4.69) is 10.3 Å². The maximum Gasteiger partial charge on any atom is 0.296 e. The van der Waals surface area contributed by atoms with Crippen molar-refractivity contribution in [1.82, 2.24) is 10.3 Å². The van der Waals surface area contributed by atoms with Gasteiger partial charge in [0.25, 0.3) is 11.8 Å². The van der Waals surface area contributed by atoms with Gasteiger partial charge in [-0.2, -0.15) is 8.78 Å². The fraction of sp³-hybridized carbons (Fsp3) is 0.368. The van der Waals surface area contributed by atoms with Crippen LogP contribution in [-0.4, -0.2) is 27.4 Å². The van der Waals surface area contributed by atoms with Crippen LogP contribution in [0, 0.1) is 5.92 Å². The Balaban J connectivity index is 1.86. The van der Waals surface area contributed by atoms with Crippen molar-refractivity contribution in [2.24, 2.45) is 5.92 Å². The quantitative estimate of drug-likeness (QED) is 0.677. The third-order valence-electron chi connectivity index (χ3n) is 4.05. The van der Waals surface area contributed by atoms with Crippen molar-refractivity contribution in [1.29, 1.82) is 0 Å². The molecule has 1 amide bonds. The van der Waals surface area contributed by atoms with Crippen LogP contribution < -0.4 is 10.1 Å². The summed E-state index contributed by atoms with van der Waals surface area (Å²) in [5, 5.41) is 3.83. The lowest BCUT2D eigenvalue weighted by Gasteiger charge is -2.14. The number of benzene rings is 1. The standard InChI is InChI=1S/C19H20F2N2O3S2/c1-19(20,21)18-23-15(17(27-18)26-13-6-4-3-5-7-13)16(24)22-14(12-8-9-12)10-11-28(2)25/h3-7,10-12,14H,8-9H2,1-2H3,(H,22,24)/b11-10+. The van der Waals surface area contributed by atoms with Gasteiger partial charge in [-0.1, -0.05) is 35.6 Å². The maximum absolute atomic E-state index is 13.8. The molecule has 1 saturated carbocycles. The van der Waals surface area contributed by atoms with Crippen molar-refractivity contribution in [3.63, 3.8) is 0 Å². The first kappa shape index (κ1) is 20.6. The minimum Gasteiger partial charge on any atom is -0.444 e. The monoisotopic (exact) mass is 426 g/mol. The van der Waals surface area contributed by atoms with Gasteiger partial charge in [0.05, 0.1) is 6.04 Å². The first-order valence-corrected chi connectivity index (χ1v) is 11.1. The van der Waals surface area contributed by atoms with E-state index in [-0.39, 0.29) is 22.7 Å². The fourth-order valence-corrected chi connectivity index (χ4v) is 3.75. The van der Waals surface area contributed by atoms with Crippen molar-refractivity contribution < 1.29 is 22.5 Å². The molecule has 1 N–H and O–H groups in total. The Morgan fingerprint density at radius 2 is 2.07 bits per heavy atom. The topological polar surface area (TPSA) is 68.3 Å². The van der Waals surface area contributed by atoms with E-state index in [0.29, 0.717) is 17.1 Å². The molecule has 1 aliphatic carbocycles. The van der Waals surface area contributed by atoms with Crippen molar-refractivity contribution >= 4 is 28.0 Å². The average molecular weight is 427 g/mol. The second-order valence-electron chi connectivity index (χ2n) is 6.62. The lowest BCUT2D eigenvalue weighted by atomic mass is 10.2. The van der Waals surface area contributed by atoms with Gasteiger partial charge in [0.15, 0.2) is 10.7 Å². The van der Waals surface area contributed by atoms with Gasteiger partial charge in [0, 0.05) is 29.4 Å². The molecular weight excluding hydrogens is 406 g/mol. The number of nitrogens with one attached hydrogen (secondary N) is 1. The molecule has 28 heavy (non-hydrogen) atoms. The number of thiazole rings is 1. The molecule has 0 bridgehead atoms. The molecular formula is C19H20F2N2O3S2. The zero-order valence-electron chi connectivity index (χ0n) is 15.4. The van der Waals surface area contributed by atoms with Crippen molar-refractivity contribution in [2.45, 2.75) is 31.7 Å². The molecule has 2 aromatic rings. The van der Waals surface area contributed by atoms with Crippen LogP contribution in [0.3, 0.4) is 0 Å². The number of rotatable bonds is 8. The molecule has 1 fully saturated rings. The molecule has 1 aromatic carbocycles. The van der Waals surface area contributed by atoms with Crippen molar-refractivity contribution in [2.75, 3.05) is 6.26 Å². The third kappa shape index (κ3) is 5.45. The summed E-state index contributed by atoms with van der Waals surface area (Å²) < 4.78 is 44.5. The largest absolute Gasteiger partial charge is 0.444 e. The number of para-hydroxylation sites is 1. The van der Waals surface area contributed by atoms with Crippen LogP contribution in [0.2, 0.25) is 0 Å². The summed E-state index contributed by atoms with van der Waals surface area (Å²) in [5.74, 6) is -3.12. The number of nitrogens with zero attached hydrogens (tertiary/aromatic N) is 1. The molecule has 9 heteroatoms. The Morgan fingerprint density at radius 3 is 2.64 bits per heavy atom. The summed E-state index contributed by atoms with van der Waals surface area (Å²) in [4.78, 5) is 16.6.